The lowest BCUT2D eigenvalue weighted by atomic mass is 10.3. The highest BCUT2D eigenvalue weighted by Crippen LogP contribution is 2.33. The van der Waals surface area contributed by atoms with E-state index in [2.05, 4.69) is 15.5 Å². The Kier molecular flexibility index (Phi) is 2.50. The van der Waals surface area contributed by atoms with Gasteiger partial charge in [0.1, 0.15) is 0 Å². The van der Waals surface area contributed by atoms with Gasteiger partial charge >= 0.3 is 0 Å². The molecule has 1 aromatic heterocycles. The lowest BCUT2D eigenvalue weighted by Crippen LogP contribution is -2.15. The average Bonchev–Trinajstić information content (AvgIpc) is 2.65. The molecule has 1 aromatic rings. The van der Waals surface area contributed by atoms with Crippen molar-refractivity contribution in [3.63, 3.8) is 0 Å². The van der Waals surface area contributed by atoms with Crippen LogP contribution in [0.2, 0.25) is 0 Å². The van der Waals surface area contributed by atoms with E-state index < -0.39 is 0 Å². The second-order valence-electron chi connectivity index (χ2n) is 3.24. The zero-order valence-corrected chi connectivity index (χ0v) is 8.24. The number of thioether (sulfide) groups is 1. The number of tetrazole rings is 1. The van der Waals surface area contributed by atoms with Crippen LogP contribution in [-0.4, -0.2) is 36.7 Å². The fourth-order valence-corrected chi connectivity index (χ4v) is 2.62. The molecule has 1 fully saturated rings. The zero-order valence-electron chi connectivity index (χ0n) is 7.42. The van der Waals surface area contributed by atoms with E-state index in [4.69, 9.17) is 0 Å². The first-order valence-electron chi connectivity index (χ1n) is 4.34. The number of aliphatic hydroxyl groups excluding tert-OH is 1. The minimum absolute atomic E-state index is 0.193. The van der Waals surface area contributed by atoms with Crippen molar-refractivity contribution in [2.75, 3.05) is 0 Å². The minimum atomic E-state index is -0.193. The second kappa shape index (κ2) is 3.63. The Morgan fingerprint density at radius 3 is 2.92 bits per heavy atom. The normalized spacial score (nSPS) is 28.2. The fourth-order valence-electron chi connectivity index (χ4n) is 1.50. The van der Waals surface area contributed by atoms with E-state index in [-0.39, 0.29) is 11.4 Å². The maximum atomic E-state index is 9.58. The molecule has 0 bridgehead atoms. The minimum Gasteiger partial charge on any atom is -0.392 e. The standard InChI is InChI=1S/C7H12N4OS/c1-11-7(8-9-10-11)13-6-4-2-3-5(6)12/h5-6,12H,2-4H2,1H3/t5-,6-/m1/s1. The lowest BCUT2D eigenvalue weighted by Gasteiger charge is -2.11. The highest BCUT2D eigenvalue weighted by atomic mass is 32.2. The van der Waals surface area contributed by atoms with E-state index in [1.165, 1.54) is 0 Å². The van der Waals surface area contributed by atoms with Crippen LogP contribution in [0.4, 0.5) is 0 Å². The number of aliphatic hydroxyl groups is 1. The topological polar surface area (TPSA) is 63.8 Å². The van der Waals surface area contributed by atoms with Gasteiger partial charge in [-0.15, -0.1) is 5.10 Å². The number of aryl methyl sites for hydroxylation is 1. The molecule has 0 saturated heterocycles. The Morgan fingerprint density at radius 2 is 2.38 bits per heavy atom. The quantitative estimate of drug-likeness (QED) is 0.739. The SMILES string of the molecule is Cn1nnnc1S[C@@H]1CCC[C@H]1O. The van der Waals surface area contributed by atoms with Gasteiger partial charge < -0.3 is 5.11 Å². The average molecular weight is 200 g/mol. The van der Waals surface area contributed by atoms with E-state index in [0.717, 1.165) is 24.4 Å². The Hall–Kier alpha value is -0.620. The first-order chi connectivity index (χ1) is 6.27. The molecule has 2 rings (SSSR count). The molecule has 1 aliphatic rings. The number of hydrogen-bond donors (Lipinski definition) is 1. The van der Waals surface area contributed by atoms with Crippen molar-refractivity contribution in [3.8, 4) is 0 Å². The molecule has 0 spiro atoms. The number of nitrogens with zero attached hydrogens (tertiary/aromatic N) is 4. The maximum Gasteiger partial charge on any atom is 0.209 e. The molecule has 1 saturated carbocycles. The van der Waals surface area contributed by atoms with E-state index in [1.807, 2.05) is 7.05 Å². The van der Waals surface area contributed by atoms with E-state index in [9.17, 15) is 5.11 Å². The van der Waals surface area contributed by atoms with Gasteiger partial charge in [-0.05, 0) is 29.7 Å². The molecule has 0 aromatic carbocycles. The highest BCUT2D eigenvalue weighted by molar-refractivity contribution is 7.99. The van der Waals surface area contributed by atoms with Gasteiger partial charge in [-0.2, -0.15) is 0 Å². The van der Waals surface area contributed by atoms with Crippen molar-refractivity contribution < 1.29 is 5.11 Å². The number of hydrogen-bond acceptors (Lipinski definition) is 5. The summed E-state index contributed by atoms with van der Waals surface area (Å²) in [6.45, 7) is 0. The smallest absolute Gasteiger partial charge is 0.209 e. The van der Waals surface area contributed by atoms with Gasteiger partial charge in [0.2, 0.25) is 5.16 Å². The van der Waals surface area contributed by atoms with E-state index >= 15 is 0 Å². The van der Waals surface area contributed by atoms with Crippen LogP contribution < -0.4 is 0 Å². The van der Waals surface area contributed by atoms with Gasteiger partial charge in [0, 0.05) is 12.3 Å². The van der Waals surface area contributed by atoms with Crippen molar-refractivity contribution in [2.24, 2.45) is 7.05 Å². The van der Waals surface area contributed by atoms with Crippen LogP contribution in [0, 0.1) is 0 Å². The summed E-state index contributed by atoms with van der Waals surface area (Å²) in [6.07, 6.45) is 2.87. The van der Waals surface area contributed by atoms with Crippen LogP contribution in [0.25, 0.3) is 0 Å². The van der Waals surface area contributed by atoms with Gasteiger partial charge in [0.25, 0.3) is 0 Å². The fraction of sp³-hybridized carbons (Fsp3) is 0.857. The molecule has 2 atom stereocenters. The third-order valence-electron chi connectivity index (χ3n) is 2.26. The Labute approximate surface area is 80.5 Å². The van der Waals surface area contributed by atoms with E-state index in [0.29, 0.717) is 0 Å². The first kappa shape index (κ1) is 8.96. The molecule has 1 N–H and O–H groups in total. The van der Waals surface area contributed by atoms with Crippen molar-refractivity contribution in [1.29, 1.82) is 0 Å². The molecule has 0 aliphatic heterocycles. The molecule has 1 heterocycles. The zero-order chi connectivity index (χ0) is 9.26. The molecule has 6 heteroatoms. The largest absolute Gasteiger partial charge is 0.392 e. The van der Waals surface area contributed by atoms with Crippen molar-refractivity contribution in [3.05, 3.63) is 0 Å². The predicted octanol–water partition coefficient (Wildman–Crippen LogP) is 0.216. The van der Waals surface area contributed by atoms with Crippen molar-refractivity contribution >= 4 is 11.8 Å². The van der Waals surface area contributed by atoms with Gasteiger partial charge in [0.05, 0.1) is 6.10 Å². The van der Waals surface area contributed by atoms with Crippen LogP contribution in [0.5, 0.6) is 0 Å². The third-order valence-corrected chi connectivity index (χ3v) is 3.67. The Balaban J connectivity index is 2.01. The lowest BCUT2D eigenvalue weighted by molar-refractivity contribution is 0.188. The Bertz CT molecular complexity index is 290. The summed E-state index contributed by atoms with van der Waals surface area (Å²) in [5.41, 5.74) is 0. The molecular weight excluding hydrogens is 188 g/mol. The summed E-state index contributed by atoms with van der Waals surface area (Å²) < 4.78 is 1.63. The summed E-state index contributed by atoms with van der Waals surface area (Å²) in [4.78, 5) is 0. The Morgan fingerprint density at radius 1 is 1.54 bits per heavy atom. The molecule has 0 unspecified atom stereocenters. The molecule has 0 radical (unpaired) electrons. The van der Waals surface area contributed by atoms with Crippen LogP contribution >= 0.6 is 11.8 Å². The molecule has 1 aliphatic carbocycles. The van der Waals surface area contributed by atoms with Gasteiger partial charge in [-0.25, -0.2) is 4.68 Å². The van der Waals surface area contributed by atoms with Gasteiger partial charge in [-0.1, -0.05) is 11.8 Å². The summed E-state index contributed by atoms with van der Waals surface area (Å²) in [6, 6.07) is 0. The van der Waals surface area contributed by atoms with Gasteiger partial charge in [0.15, 0.2) is 0 Å². The number of rotatable bonds is 2. The number of aromatic nitrogens is 4. The second-order valence-corrected chi connectivity index (χ2v) is 4.45. The van der Waals surface area contributed by atoms with E-state index in [1.54, 1.807) is 16.4 Å². The van der Waals surface area contributed by atoms with Crippen LogP contribution in [0.3, 0.4) is 0 Å². The van der Waals surface area contributed by atoms with Crippen molar-refractivity contribution in [1.82, 2.24) is 20.2 Å². The van der Waals surface area contributed by atoms with Crippen LogP contribution in [-0.2, 0) is 7.05 Å². The summed E-state index contributed by atoms with van der Waals surface area (Å²) >= 11 is 1.57. The van der Waals surface area contributed by atoms with Crippen LogP contribution in [0.1, 0.15) is 19.3 Å². The maximum absolute atomic E-state index is 9.58. The molecule has 5 nitrogen and oxygen atoms in total. The molecule has 13 heavy (non-hydrogen) atoms. The van der Waals surface area contributed by atoms with Crippen molar-refractivity contribution in [2.45, 2.75) is 35.8 Å². The monoisotopic (exact) mass is 200 g/mol. The van der Waals surface area contributed by atoms with Gasteiger partial charge in [-0.3, -0.25) is 0 Å². The predicted molar refractivity (Wildman–Crippen MR) is 48.3 cm³/mol. The first-order valence-corrected chi connectivity index (χ1v) is 5.22. The highest BCUT2D eigenvalue weighted by Gasteiger charge is 2.27. The third kappa shape index (κ3) is 1.83. The summed E-state index contributed by atoms with van der Waals surface area (Å²) in [5, 5.41) is 21.8. The molecular formula is C7H12N4OS. The summed E-state index contributed by atoms with van der Waals surface area (Å²) in [5.74, 6) is 0. The molecule has 72 valence electrons. The molecule has 0 amide bonds. The van der Waals surface area contributed by atoms with Crippen LogP contribution in [0.15, 0.2) is 5.16 Å². The summed E-state index contributed by atoms with van der Waals surface area (Å²) in [7, 11) is 1.81.